The number of methoxy groups -OCH3 is 1. The van der Waals surface area contributed by atoms with Gasteiger partial charge in [0.05, 0.1) is 7.11 Å². The Morgan fingerprint density at radius 3 is 2.37 bits per heavy atom. The second kappa shape index (κ2) is 9.32. The highest BCUT2D eigenvalue weighted by Gasteiger charge is 2.47. The Morgan fingerprint density at radius 1 is 1.03 bits per heavy atom. The van der Waals surface area contributed by atoms with Gasteiger partial charge in [0.1, 0.15) is 17.0 Å². The average molecular weight is 484 g/mol. The maximum absolute atomic E-state index is 13.6. The fourth-order valence-corrected chi connectivity index (χ4v) is 4.27. The van der Waals surface area contributed by atoms with E-state index in [0.717, 1.165) is 17.7 Å². The number of rotatable bonds is 6. The van der Waals surface area contributed by atoms with Crippen LogP contribution in [-0.2, 0) is 17.8 Å². The first-order chi connectivity index (χ1) is 16.6. The number of hydrogen-bond acceptors (Lipinski definition) is 4. The van der Waals surface area contributed by atoms with E-state index in [-0.39, 0.29) is 18.7 Å². The predicted molar refractivity (Wildman–Crippen MR) is 123 cm³/mol. The molecule has 0 saturated heterocycles. The molecule has 1 heterocycles. The van der Waals surface area contributed by atoms with Crippen LogP contribution in [0.5, 0.6) is 11.5 Å². The van der Waals surface area contributed by atoms with Gasteiger partial charge in [0, 0.05) is 29.8 Å². The third-order valence-corrected chi connectivity index (χ3v) is 5.93. The topological polar surface area (TPSA) is 67.9 Å². The van der Waals surface area contributed by atoms with Gasteiger partial charge in [0.25, 0.3) is 5.91 Å². The van der Waals surface area contributed by atoms with Gasteiger partial charge in [0.2, 0.25) is 5.91 Å². The van der Waals surface area contributed by atoms with Gasteiger partial charge in [-0.2, -0.15) is 0 Å². The number of halogens is 3. The molecular weight excluding hydrogens is 461 g/mol. The summed E-state index contributed by atoms with van der Waals surface area (Å²) < 4.78 is 47.0. The van der Waals surface area contributed by atoms with Crippen LogP contribution >= 0.6 is 0 Å². The van der Waals surface area contributed by atoms with Crippen LogP contribution in [0.4, 0.5) is 18.9 Å². The van der Waals surface area contributed by atoms with Crippen LogP contribution in [0.2, 0.25) is 0 Å². The first kappa shape index (κ1) is 24.1. The fourth-order valence-electron chi connectivity index (χ4n) is 4.27. The van der Waals surface area contributed by atoms with Gasteiger partial charge in [-0.3, -0.25) is 14.5 Å². The Kier molecular flexibility index (Phi) is 6.43. The number of amides is 2. The summed E-state index contributed by atoms with van der Waals surface area (Å²) in [5.41, 5.74) is 0.822. The van der Waals surface area contributed by atoms with Crippen molar-refractivity contribution in [2.24, 2.45) is 0 Å². The maximum Gasteiger partial charge on any atom is 0.573 e. The lowest BCUT2D eigenvalue weighted by atomic mass is 9.82. The van der Waals surface area contributed by atoms with Crippen molar-refractivity contribution in [2.45, 2.75) is 31.8 Å². The second-order valence-electron chi connectivity index (χ2n) is 8.28. The number of fused-ring (bicyclic) bond motifs is 1. The van der Waals surface area contributed by atoms with Crippen LogP contribution in [0.15, 0.2) is 72.8 Å². The van der Waals surface area contributed by atoms with E-state index >= 15 is 0 Å². The molecule has 3 aromatic carbocycles. The molecule has 6 nitrogen and oxygen atoms in total. The molecule has 9 heteroatoms. The van der Waals surface area contributed by atoms with Crippen LogP contribution < -0.4 is 19.7 Å². The number of benzene rings is 3. The summed E-state index contributed by atoms with van der Waals surface area (Å²) in [5.74, 6) is -0.651. The first-order valence-electron chi connectivity index (χ1n) is 10.8. The monoisotopic (exact) mass is 484 g/mol. The number of carbonyl (C=O) groups is 2. The minimum absolute atomic E-state index is 0.167. The molecule has 1 N–H and O–H groups in total. The summed E-state index contributed by atoms with van der Waals surface area (Å²) in [5, 5.41) is 2.89. The Bertz CT molecular complexity index is 1240. The third-order valence-electron chi connectivity index (χ3n) is 5.93. The van der Waals surface area contributed by atoms with E-state index in [4.69, 9.17) is 4.74 Å². The number of para-hydroxylation sites is 1. The van der Waals surface area contributed by atoms with E-state index < -0.39 is 29.5 Å². The molecule has 2 amide bonds. The standard InChI is InChI=1S/C26H23F3N2O4/c1-25(24(33)30-16-18-8-4-6-10-22(18)34-2)15-17-7-3-5-9-21(17)23(32)31(25)19-11-13-20(14-12-19)35-26(27,28)29/h3-14H,15-16H2,1-2H3,(H,30,33)/t25-/m0/s1. The van der Waals surface area contributed by atoms with Crippen LogP contribution in [0.3, 0.4) is 0 Å². The highest BCUT2D eigenvalue weighted by molar-refractivity contribution is 6.14. The molecule has 182 valence electrons. The van der Waals surface area contributed by atoms with E-state index in [2.05, 4.69) is 10.1 Å². The van der Waals surface area contributed by atoms with Crippen molar-refractivity contribution in [1.82, 2.24) is 5.32 Å². The van der Waals surface area contributed by atoms with Crippen molar-refractivity contribution in [3.05, 3.63) is 89.5 Å². The molecule has 0 aliphatic carbocycles. The van der Waals surface area contributed by atoms with E-state index in [1.165, 1.54) is 24.1 Å². The molecule has 0 unspecified atom stereocenters. The Labute approximate surface area is 200 Å². The maximum atomic E-state index is 13.6. The summed E-state index contributed by atoms with van der Waals surface area (Å²) in [6.07, 6.45) is -4.62. The van der Waals surface area contributed by atoms with Gasteiger partial charge in [0.15, 0.2) is 0 Å². The number of nitrogens with zero attached hydrogens (tertiary/aromatic N) is 1. The summed E-state index contributed by atoms with van der Waals surface area (Å²) in [4.78, 5) is 28.4. The number of carbonyl (C=O) groups excluding carboxylic acids is 2. The highest BCUT2D eigenvalue weighted by Crippen LogP contribution is 2.37. The zero-order valence-corrected chi connectivity index (χ0v) is 19.1. The lowest BCUT2D eigenvalue weighted by Crippen LogP contribution is -2.63. The van der Waals surface area contributed by atoms with Gasteiger partial charge in [-0.1, -0.05) is 36.4 Å². The van der Waals surface area contributed by atoms with Gasteiger partial charge < -0.3 is 14.8 Å². The third kappa shape index (κ3) is 4.94. The highest BCUT2D eigenvalue weighted by atomic mass is 19.4. The normalized spacial score (nSPS) is 17.5. The molecule has 1 aliphatic heterocycles. The number of alkyl halides is 3. The van der Waals surface area contributed by atoms with Crippen LogP contribution in [-0.4, -0.2) is 30.8 Å². The van der Waals surface area contributed by atoms with Crippen LogP contribution in [0.1, 0.15) is 28.4 Å². The lowest BCUT2D eigenvalue weighted by Gasteiger charge is -2.44. The Morgan fingerprint density at radius 2 is 1.69 bits per heavy atom. The first-order valence-corrected chi connectivity index (χ1v) is 10.8. The van der Waals surface area contributed by atoms with Crippen molar-refractivity contribution in [3.63, 3.8) is 0 Å². The molecule has 0 fully saturated rings. The largest absolute Gasteiger partial charge is 0.573 e. The van der Waals surface area contributed by atoms with Crippen molar-refractivity contribution < 1.29 is 32.2 Å². The zero-order chi connectivity index (χ0) is 25.2. The fraction of sp³-hybridized carbons (Fsp3) is 0.231. The molecule has 3 aromatic rings. The zero-order valence-electron chi connectivity index (χ0n) is 19.1. The predicted octanol–water partition coefficient (Wildman–Crippen LogP) is 4.87. The van der Waals surface area contributed by atoms with Crippen molar-refractivity contribution in [1.29, 1.82) is 0 Å². The molecule has 0 saturated carbocycles. The average Bonchev–Trinajstić information content (AvgIpc) is 2.82. The minimum atomic E-state index is -4.84. The van der Waals surface area contributed by atoms with Gasteiger partial charge in [-0.25, -0.2) is 0 Å². The van der Waals surface area contributed by atoms with Crippen molar-refractivity contribution in [3.8, 4) is 11.5 Å². The number of nitrogens with one attached hydrogen (secondary N) is 1. The second-order valence-corrected chi connectivity index (χ2v) is 8.28. The summed E-state index contributed by atoms with van der Waals surface area (Å²) >= 11 is 0. The molecule has 0 radical (unpaired) electrons. The number of hydrogen-bond donors (Lipinski definition) is 1. The van der Waals surface area contributed by atoms with E-state index in [9.17, 15) is 22.8 Å². The summed E-state index contributed by atoms with van der Waals surface area (Å²) in [6.45, 7) is 1.80. The number of anilines is 1. The lowest BCUT2D eigenvalue weighted by molar-refractivity contribution is -0.274. The Balaban J connectivity index is 1.68. The van der Waals surface area contributed by atoms with E-state index in [0.29, 0.717) is 16.9 Å². The number of ether oxygens (including phenoxy) is 2. The van der Waals surface area contributed by atoms with Crippen LogP contribution in [0.25, 0.3) is 0 Å². The molecule has 0 spiro atoms. The van der Waals surface area contributed by atoms with E-state index in [1.807, 2.05) is 18.2 Å². The molecule has 4 rings (SSSR count). The Hall–Kier alpha value is -4.01. The molecular formula is C26H23F3N2O4. The summed E-state index contributed by atoms with van der Waals surface area (Å²) in [7, 11) is 1.53. The van der Waals surface area contributed by atoms with Gasteiger partial charge in [-0.05, 0) is 48.9 Å². The van der Waals surface area contributed by atoms with Crippen molar-refractivity contribution >= 4 is 17.5 Å². The van der Waals surface area contributed by atoms with Gasteiger partial charge >= 0.3 is 6.36 Å². The molecule has 35 heavy (non-hydrogen) atoms. The molecule has 0 bridgehead atoms. The van der Waals surface area contributed by atoms with Crippen molar-refractivity contribution in [2.75, 3.05) is 12.0 Å². The quantitative estimate of drug-likeness (QED) is 0.542. The van der Waals surface area contributed by atoms with E-state index in [1.54, 1.807) is 37.3 Å². The molecule has 0 aromatic heterocycles. The SMILES string of the molecule is COc1ccccc1CNC(=O)[C@]1(C)Cc2ccccc2C(=O)N1c1ccc(OC(F)(F)F)cc1. The summed E-state index contributed by atoms with van der Waals surface area (Å²) in [6, 6.07) is 19.1. The molecule has 1 aliphatic rings. The molecule has 1 atom stereocenters. The van der Waals surface area contributed by atoms with Gasteiger partial charge in [-0.15, -0.1) is 13.2 Å². The van der Waals surface area contributed by atoms with Crippen LogP contribution in [0, 0.1) is 0 Å². The minimum Gasteiger partial charge on any atom is -0.496 e. The smallest absolute Gasteiger partial charge is 0.496 e.